The third kappa shape index (κ3) is 2.96. The first kappa shape index (κ1) is 14.0. The van der Waals surface area contributed by atoms with Gasteiger partial charge in [0.05, 0.1) is 10.3 Å². The van der Waals surface area contributed by atoms with Crippen LogP contribution in [-0.4, -0.2) is 44.2 Å². The molecule has 1 aromatic heterocycles. The van der Waals surface area contributed by atoms with Crippen LogP contribution in [0.15, 0.2) is 23.4 Å². The zero-order chi connectivity index (χ0) is 13.9. The minimum atomic E-state index is -3.67. The molecule has 0 atom stereocenters. The van der Waals surface area contributed by atoms with E-state index in [1.165, 1.54) is 18.5 Å². The van der Waals surface area contributed by atoms with Gasteiger partial charge in [-0.2, -0.15) is 0 Å². The quantitative estimate of drug-likeness (QED) is 0.716. The summed E-state index contributed by atoms with van der Waals surface area (Å²) in [4.78, 5) is 14.1. The zero-order valence-electron chi connectivity index (χ0n) is 10.3. The minimum absolute atomic E-state index is 0.0973. The standard InChI is InChI=1S/C11H16N2O5S/c14-10(15)11(2-5-18-6-3-11)8-13-19(16,17)9-1-4-12-7-9/h1,4,7,12-13H,2-3,5-6,8H2,(H,14,15). The zero-order valence-corrected chi connectivity index (χ0v) is 11.1. The molecule has 1 aliphatic rings. The SMILES string of the molecule is O=C(O)C1(CNS(=O)(=O)c2cc[nH]c2)CCOCC1. The van der Waals surface area contributed by atoms with E-state index in [2.05, 4.69) is 9.71 Å². The van der Waals surface area contributed by atoms with E-state index >= 15 is 0 Å². The first-order chi connectivity index (χ1) is 8.96. The Morgan fingerprint density at radius 2 is 2.16 bits per heavy atom. The summed E-state index contributed by atoms with van der Waals surface area (Å²) in [5, 5.41) is 9.32. The number of hydrogen-bond acceptors (Lipinski definition) is 4. The highest BCUT2D eigenvalue weighted by Gasteiger charge is 2.41. The first-order valence-electron chi connectivity index (χ1n) is 5.90. The fourth-order valence-corrected chi connectivity index (χ4v) is 3.12. The summed E-state index contributed by atoms with van der Waals surface area (Å²) in [7, 11) is -3.67. The molecule has 0 unspecified atom stereocenters. The number of rotatable bonds is 5. The maximum atomic E-state index is 11.9. The van der Waals surface area contributed by atoms with Gasteiger partial charge in [-0.25, -0.2) is 13.1 Å². The molecule has 0 aromatic carbocycles. The normalized spacial score (nSPS) is 19.2. The fourth-order valence-electron chi connectivity index (χ4n) is 2.02. The van der Waals surface area contributed by atoms with Crippen LogP contribution in [0.2, 0.25) is 0 Å². The largest absolute Gasteiger partial charge is 0.481 e. The Morgan fingerprint density at radius 3 is 2.68 bits per heavy atom. The van der Waals surface area contributed by atoms with E-state index < -0.39 is 21.4 Å². The molecule has 0 amide bonds. The second kappa shape index (κ2) is 5.32. The highest BCUT2D eigenvalue weighted by atomic mass is 32.2. The second-order valence-corrected chi connectivity index (χ2v) is 6.34. The average molecular weight is 288 g/mol. The number of H-pyrrole nitrogens is 1. The summed E-state index contributed by atoms with van der Waals surface area (Å²) in [6, 6.07) is 1.42. The third-order valence-electron chi connectivity index (χ3n) is 3.38. The molecule has 0 spiro atoms. The van der Waals surface area contributed by atoms with Gasteiger partial charge >= 0.3 is 5.97 Å². The maximum absolute atomic E-state index is 11.9. The number of carbonyl (C=O) groups is 1. The van der Waals surface area contributed by atoms with Crippen molar-refractivity contribution in [1.82, 2.24) is 9.71 Å². The molecule has 1 saturated heterocycles. The van der Waals surface area contributed by atoms with E-state index in [1.807, 2.05) is 0 Å². The molecule has 0 radical (unpaired) electrons. The Hall–Kier alpha value is -1.38. The Bertz CT molecular complexity index is 531. The summed E-state index contributed by atoms with van der Waals surface area (Å²) in [5.74, 6) is -0.993. The number of aromatic nitrogens is 1. The van der Waals surface area contributed by atoms with E-state index in [9.17, 15) is 18.3 Å². The highest BCUT2D eigenvalue weighted by Crippen LogP contribution is 2.30. The highest BCUT2D eigenvalue weighted by molar-refractivity contribution is 7.89. The van der Waals surface area contributed by atoms with Crippen LogP contribution >= 0.6 is 0 Å². The predicted molar refractivity (Wildman–Crippen MR) is 66.1 cm³/mol. The Balaban J connectivity index is 2.09. The summed E-state index contributed by atoms with van der Waals surface area (Å²) < 4.78 is 31.4. The lowest BCUT2D eigenvalue weighted by atomic mass is 9.80. The van der Waals surface area contributed by atoms with Gasteiger partial charge in [0, 0.05) is 32.2 Å². The van der Waals surface area contributed by atoms with Gasteiger partial charge in [0.2, 0.25) is 10.0 Å². The number of ether oxygens (including phenoxy) is 1. The van der Waals surface area contributed by atoms with Crippen molar-refractivity contribution in [3.63, 3.8) is 0 Å². The molecular formula is C11H16N2O5S. The van der Waals surface area contributed by atoms with Crippen LogP contribution in [0, 0.1) is 5.41 Å². The molecule has 1 fully saturated rings. The molecule has 1 aliphatic heterocycles. The lowest BCUT2D eigenvalue weighted by Gasteiger charge is -2.32. The molecule has 0 bridgehead atoms. The van der Waals surface area contributed by atoms with E-state index in [1.54, 1.807) is 0 Å². The molecule has 0 saturated carbocycles. The smallest absolute Gasteiger partial charge is 0.311 e. The van der Waals surface area contributed by atoms with E-state index in [-0.39, 0.29) is 11.4 Å². The van der Waals surface area contributed by atoms with E-state index in [4.69, 9.17) is 4.74 Å². The minimum Gasteiger partial charge on any atom is -0.481 e. The van der Waals surface area contributed by atoms with Crippen molar-refractivity contribution in [2.24, 2.45) is 5.41 Å². The number of sulfonamides is 1. The van der Waals surface area contributed by atoms with Gasteiger partial charge < -0.3 is 14.8 Å². The summed E-state index contributed by atoms with van der Waals surface area (Å²) in [5.41, 5.74) is -1.08. The first-order valence-corrected chi connectivity index (χ1v) is 7.38. The summed E-state index contributed by atoms with van der Waals surface area (Å²) in [6.07, 6.45) is 3.45. The van der Waals surface area contributed by atoms with Gasteiger partial charge in [-0.05, 0) is 18.9 Å². The second-order valence-electron chi connectivity index (χ2n) is 4.57. The third-order valence-corrected chi connectivity index (χ3v) is 4.78. The van der Waals surface area contributed by atoms with Crippen LogP contribution in [0.25, 0.3) is 0 Å². The Morgan fingerprint density at radius 1 is 1.47 bits per heavy atom. The lowest BCUT2D eigenvalue weighted by molar-refractivity contribution is -0.154. The Labute approximate surface area is 111 Å². The van der Waals surface area contributed by atoms with Gasteiger partial charge in [0.1, 0.15) is 0 Å². The number of nitrogens with one attached hydrogen (secondary N) is 2. The summed E-state index contributed by atoms with van der Waals surface area (Å²) >= 11 is 0. The van der Waals surface area contributed by atoms with Crippen molar-refractivity contribution >= 4 is 16.0 Å². The Kier molecular flexibility index (Phi) is 3.93. The monoisotopic (exact) mass is 288 g/mol. The molecule has 2 heterocycles. The fraction of sp³-hybridized carbons (Fsp3) is 0.545. The topological polar surface area (TPSA) is 108 Å². The van der Waals surface area contributed by atoms with Crippen molar-refractivity contribution in [2.75, 3.05) is 19.8 Å². The molecule has 0 aliphatic carbocycles. The van der Waals surface area contributed by atoms with Gasteiger partial charge in [-0.1, -0.05) is 0 Å². The maximum Gasteiger partial charge on any atom is 0.311 e. The number of aromatic amines is 1. The van der Waals surface area contributed by atoms with Crippen molar-refractivity contribution in [1.29, 1.82) is 0 Å². The van der Waals surface area contributed by atoms with Crippen molar-refractivity contribution in [3.05, 3.63) is 18.5 Å². The molecular weight excluding hydrogens is 272 g/mol. The lowest BCUT2D eigenvalue weighted by Crippen LogP contribution is -2.46. The van der Waals surface area contributed by atoms with E-state index in [0.717, 1.165) is 0 Å². The molecule has 7 nitrogen and oxygen atoms in total. The van der Waals surface area contributed by atoms with Crippen LogP contribution in [0.5, 0.6) is 0 Å². The molecule has 1 aromatic rings. The number of aliphatic carboxylic acids is 1. The molecule has 2 rings (SSSR count). The van der Waals surface area contributed by atoms with Crippen LogP contribution in [0.3, 0.4) is 0 Å². The van der Waals surface area contributed by atoms with Crippen LogP contribution < -0.4 is 4.72 Å². The number of carboxylic acids is 1. The van der Waals surface area contributed by atoms with Crippen LogP contribution in [-0.2, 0) is 19.6 Å². The molecule has 106 valence electrons. The van der Waals surface area contributed by atoms with Gasteiger partial charge in [-0.15, -0.1) is 0 Å². The van der Waals surface area contributed by atoms with Gasteiger partial charge in [0.15, 0.2) is 0 Å². The molecule has 19 heavy (non-hydrogen) atoms. The van der Waals surface area contributed by atoms with Gasteiger partial charge in [0.25, 0.3) is 0 Å². The van der Waals surface area contributed by atoms with Crippen LogP contribution in [0.4, 0.5) is 0 Å². The van der Waals surface area contributed by atoms with Crippen LogP contribution in [0.1, 0.15) is 12.8 Å². The van der Waals surface area contributed by atoms with Crippen molar-refractivity contribution in [3.8, 4) is 0 Å². The average Bonchev–Trinajstić information content (AvgIpc) is 2.92. The van der Waals surface area contributed by atoms with Crippen molar-refractivity contribution in [2.45, 2.75) is 17.7 Å². The predicted octanol–water partition coefficient (Wildman–Crippen LogP) is 0.174. The van der Waals surface area contributed by atoms with E-state index in [0.29, 0.717) is 26.1 Å². The summed E-state index contributed by atoms with van der Waals surface area (Å²) in [6.45, 7) is 0.537. The molecule has 3 N–H and O–H groups in total. The number of carboxylic acid groups (broad SMARTS) is 1. The van der Waals surface area contributed by atoms with Crippen molar-refractivity contribution < 1.29 is 23.1 Å². The number of hydrogen-bond donors (Lipinski definition) is 3. The van der Waals surface area contributed by atoms with Gasteiger partial charge in [-0.3, -0.25) is 4.79 Å². The molecule has 8 heteroatoms.